The molecule has 1 heterocycles. The van der Waals surface area contributed by atoms with Crippen LogP contribution in [0.3, 0.4) is 0 Å². The summed E-state index contributed by atoms with van der Waals surface area (Å²) < 4.78 is 1.65. The number of ketones is 3. The molecule has 0 aliphatic heterocycles. The van der Waals surface area contributed by atoms with Gasteiger partial charge in [0.05, 0.1) is 6.20 Å². The predicted octanol–water partition coefficient (Wildman–Crippen LogP) is 1.03. The summed E-state index contributed by atoms with van der Waals surface area (Å²) in [5, 5.41) is 4.04. The van der Waals surface area contributed by atoms with Crippen molar-refractivity contribution in [2.75, 3.05) is 0 Å². The molecule has 5 nitrogen and oxygen atoms in total. The van der Waals surface area contributed by atoms with Crippen LogP contribution in [0.1, 0.15) is 37.7 Å². The molecule has 1 fully saturated rings. The summed E-state index contributed by atoms with van der Waals surface area (Å²) in [7, 11) is 1.79. The van der Waals surface area contributed by atoms with Crippen molar-refractivity contribution < 1.29 is 14.4 Å². The Labute approximate surface area is 105 Å². The molecular weight excluding hydrogens is 232 g/mol. The van der Waals surface area contributed by atoms with Crippen molar-refractivity contribution in [3.05, 3.63) is 18.0 Å². The van der Waals surface area contributed by atoms with E-state index in [2.05, 4.69) is 5.10 Å². The number of Topliss-reactive ketones (excluding diaryl/α,β-unsaturated/α-hetero) is 3. The van der Waals surface area contributed by atoms with Gasteiger partial charge < -0.3 is 0 Å². The molecule has 1 aromatic heterocycles. The third kappa shape index (κ3) is 2.25. The quantitative estimate of drug-likeness (QED) is 0.749. The smallest absolute Gasteiger partial charge is 0.151 e. The Kier molecular flexibility index (Phi) is 3.41. The van der Waals surface area contributed by atoms with E-state index in [9.17, 15) is 14.4 Å². The monoisotopic (exact) mass is 248 g/mol. The Morgan fingerprint density at radius 3 is 2.44 bits per heavy atom. The highest BCUT2D eigenvalue weighted by molar-refractivity contribution is 6.20. The second-order valence-corrected chi connectivity index (χ2v) is 4.74. The van der Waals surface area contributed by atoms with Crippen molar-refractivity contribution >= 4 is 17.3 Å². The molecule has 0 radical (unpaired) electrons. The molecule has 5 heteroatoms. The first kappa shape index (κ1) is 12.7. The summed E-state index contributed by atoms with van der Waals surface area (Å²) in [6.07, 6.45) is 4.24. The summed E-state index contributed by atoms with van der Waals surface area (Å²) in [6, 6.07) is 0. The molecule has 0 amide bonds. The fraction of sp³-hybridized carbons (Fsp3) is 0.538. The minimum Gasteiger partial charge on any atom is -0.298 e. The highest BCUT2D eigenvalue weighted by Gasteiger charge is 2.39. The number of aryl methyl sites for hydroxylation is 1. The maximum atomic E-state index is 11.9. The van der Waals surface area contributed by atoms with E-state index in [1.807, 2.05) is 6.20 Å². The number of hydrogen-bond donors (Lipinski definition) is 0. The standard InChI is InChI=1S/C13H16N2O3/c1-3-10(16)13-11(17)4-8(5-12(13)18)9-6-14-15(2)7-9/h6-8,13H,3-5H2,1-2H3. The lowest BCUT2D eigenvalue weighted by Gasteiger charge is -2.24. The first-order chi connectivity index (χ1) is 8.52. The van der Waals surface area contributed by atoms with E-state index in [0.29, 0.717) is 0 Å². The van der Waals surface area contributed by atoms with Crippen LogP contribution in [-0.4, -0.2) is 27.1 Å². The Morgan fingerprint density at radius 2 is 2.00 bits per heavy atom. The van der Waals surface area contributed by atoms with Crippen LogP contribution in [0.4, 0.5) is 0 Å². The molecule has 96 valence electrons. The Hall–Kier alpha value is -1.78. The van der Waals surface area contributed by atoms with Crippen LogP contribution >= 0.6 is 0 Å². The molecule has 18 heavy (non-hydrogen) atoms. The van der Waals surface area contributed by atoms with Gasteiger partial charge in [0, 0.05) is 38.4 Å². The highest BCUT2D eigenvalue weighted by Crippen LogP contribution is 2.32. The van der Waals surface area contributed by atoms with Crippen molar-refractivity contribution in [2.45, 2.75) is 32.1 Å². The molecule has 1 aliphatic rings. The molecular formula is C13H16N2O3. The number of hydrogen-bond acceptors (Lipinski definition) is 4. The summed E-state index contributed by atoms with van der Waals surface area (Å²) in [5.74, 6) is -1.88. The van der Waals surface area contributed by atoms with E-state index in [0.717, 1.165) is 5.56 Å². The van der Waals surface area contributed by atoms with Gasteiger partial charge in [0.2, 0.25) is 0 Å². The van der Waals surface area contributed by atoms with Crippen molar-refractivity contribution in [2.24, 2.45) is 13.0 Å². The summed E-state index contributed by atoms with van der Waals surface area (Å²) in [4.78, 5) is 35.4. The largest absolute Gasteiger partial charge is 0.298 e. The molecule has 1 saturated carbocycles. The minimum atomic E-state index is -1.01. The Balaban J connectivity index is 2.17. The van der Waals surface area contributed by atoms with E-state index < -0.39 is 5.92 Å². The average molecular weight is 248 g/mol. The van der Waals surface area contributed by atoms with E-state index >= 15 is 0 Å². The van der Waals surface area contributed by atoms with Crippen LogP contribution < -0.4 is 0 Å². The number of aromatic nitrogens is 2. The first-order valence-corrected chi connectivity index (χ1v) is 6.09. The van der Waals surface area contributed by atoms with Gasteiger partial charge in [0.15, 0.2) is 17.3 Å². The fourth-order valence-electron chi connectivity index (χ4n) is 2.42. The normalized spacial score (nSPS) is 24.3. The van der Waals surface area contributed by atoms with Crippen LogP contribution in [0.2, 0.25) is 0 Å². The van der Waals surface area contributed by atoms with Gasteiger partial charge >= 0.3 is 0 Å². The molecule has 1 aliphatic carbocycles. The molecule has 0 saturated heterocycles. The van der Waals surface area contributed by atoms with E-state index in [1.54, 1.807) is 24.9 Å². The van der Waals surface area contributed by atoms with E-state index in [-0.39, 0.29) is 42.5 Å². The van der Waals surface area contributed by atoms with Gasteiger partial charge in [-0.3, -0.25) is 19.1 Å². The zero-order valence-electron chi connectivity index (χ0n) is 10.5. The summed E-state index contributed by atoms with van der Waals surface area (Å²) >= 11 is 0. The Bertz CT molecular complexity index is 486. The second-order valence-electron chi connectivity index (χ2n) is 4.74. The minimum absolute atomic E-state index is 0.125. The van der Waals surface area contributed by atoms with Crippen LogP contribution in [-0.2, 0) is 21.4 Å². The van der Waals surface area contributed by atoms with Crippen LogP contribution in [0.15, 0.2) is 12.4 Å². The lowest BCUT2D eigenvalue weighted by Crippen LogP contribution is -2.37. The molecule has 0 spiro atoms. The van der Waals surface area contributed by atoms with E-state index in [4.69, 9.17) is 0 Å². The predicted molar refractivity (Wildman–Crippen MR) is 64.0 cm³/mol. The van der Waals surface area contributed by atoms with Gasteiger partial charge in [-0.25, -0.2) is 0 Å². The third-order valence-corrected chi connectivity index (χ3v) is 3.41. The highest BCUT2D eigenvalue weighted by atomic mass is 16.2. The number of nitrogens with zero attached hydrogens (tertiary/aromatic N) is 2. The van der Waals surface area contributed by atoms with Gasteiger partial charge in [-0.1, -0.05) is 6.92 Å². The Morgan fingerprint density at radius 1 is 1.39 bits per heavy atom. The van der Waals surface area contributed by atoms with Crippen molar-refractivity contribution in [1.82, 2.24) is 9.78 Å². The molecule has 1 aromatic rings. The number of carbonyl (C=O) groups excluding carboxylic acids is 3. The third-order valence-electron chi connectivity index (χ3n) is 3.41. The van der Waals surface area contributed by atoms with Crippen molar-refractivity contribution in [1.29, 1.82) is 0 Å². The fourth-order valence-corrected chi connectivity index (χ4v) is 2.42. The van der Waals surface area contributed by atoms with Gasteiger partial charge in [-0.2, -0.15) is 5.10 Å². The maximum absolute atomic E-state index is 11.9. The van der Waals surface area contributed by atoms with Crippen LogP contribution in [0, 0.1) is 5.92 Å². The molecule has 0 N–H and O–H groups in total. The SMILES string of the molecule is CCC(=O)C1C(=O)CC(c2cnn(C)c2)CC1=O. The van der Waals surface area contributed by atoms with E-state index in [1.165, 1.54) is 0 Å². The number of rotatable bonds is 3. The lowest BCUT2D eigenvalue weighted by molar-refractivity contribution is -0.142. The van der Waals surface area contributed by atoms with Gasteiger partial charge in [-0.15, -0.1) is 0 Å². The van der Waals surface area contributed by atoms with Gasteiger partial charge in [0.25, 0.3) is 0 Å². The molecule has 0 aromatic carbocycles. The number of carbonyl (C=O) groups is 3. The second kappa shape index (κ2) is 4.84. The molecule has 0 bridgehead atoms. The van der Waals surface area contributed by atoms with Crippen molar-refractivity contribution in [3.8, 4) is 0 Å². The van der Waals surface area contributed by atoms with Gasteiger partial charge in [-0.05, 0) is 5.56 Å². The summed E-state index contributed by atoms with van der Waals surface area (Å²) in [5.41, 5.74) is 0.890. The lowest BCUT2D eigenvalue weighted by atomic mass is 9.75. The molecule has 0 unspecified atom stereocenters. The van der Waals surface area contributed by atoms with Crippen LogP contribution in [0.5, 0.6) is 0 Å². The molecule has 0 atom stereocenters. The van der Waals surface area contributed by atoms with Gasteiger partial charge in [0.1, 0.15) is 5.92 Å². The zero-order chi connectivity index (χ0) is 13.3. The van der Waals surface area contributed by atoms with Crippen molar-refractivity contribution in [3.63, 3.8) is 0 Å². The topological polar surface area (TPSA) is 69.0 Å². The first-order valence-electron chi connectivity index (χ1n) is 6.09. The van der Waals surface area contributed by atoms with Crippen LogP contribution in [0.25, 0.3) is 0 Å². The molecule has 2 rings (SSSR count). The average Bonchev–Trinajstić information content (AvgIpc) is 2.74. The summed E-state index contributed by atoms with van der Waals surface area (Å²) in [6.45, 7) is 1.68. The zero-order valence-corrected chi connectivity index (χ0v) is 10.5. The maximum Gasteiger partial charge on any atom is 0.151 e.